The zero-order chi connectivity index (χ0) is 28.2. The van der Waals surface area contributed by atoms with Crippen molar-refractivity contribution in [2.45, 2.75) is 12.8 Å². The molecule has 0 radical (unpaired) electrons. The Hall–Kier alpha value is -4.27. The SMILES string of the molecule is O=NCCCOc1ccc(/C(=C(\c2ccccc2)c2ccc(OCCCS(=O)(=O)O)cc2)c2ccccc2)cc1. The monoisotopic (exact) mass is 557 g/mol. The van der Waals surface area contributed by atoms with Crippen molar-refractivity contribution in [3.8, 4) is 11.5 Å². The topological polar surface area (TPSA) is 102 Å². The minimum atomic E-state index is -4.01. The van der Waals surface area contributed by atoms with E-state index in [4.69, 9.17) is 14.0 Å². The lowest BCUT2D eigenvalue weighted by Gasteiger charge is -2.19. The van der Waals surface area contributed by atoms with Gasteiger partial charge in [0, 0.05) is 6.42 Å². The molecule has 1 N–H and O–H groups in total. The zero-order valence-corrected chi connectivity index (χ0v) is 22.8. The minimum Gasteiger partial charge on any atom is -0.494 e. The second kappa shape index (κ2) is 14.2. The van der Waals surface area contributed by atoms with Crippen LogP contribution in [-0.2, 0) is 10.1 Å². The summed E-state index contributed by atoms with van der Waals surface area (Å²) in [6.07, 6.45) is 0.764. The number of benzene rings is 4. The molecule has 206 valence electrons. The molecular formula is C32H31NO6S. The van der Waals surface area contributed by atoms with Gasteiger partial charge in [0.15, 0.2) is 0 Å². The predicted octanol–water partition coefficient (Wildman–Crippen LogP) is 6.89. The summed E-state index contributed by atoms with van der Waals surface area (Å²) in [6, 6.07) is 36.0. The highest BCUT2D eigenvalue weighted by Crippen LogP contribution is 2.37. The van der Waals surface area contributed by atoms with Gasteiger partial charge in [-0.05, 0) is 64.1 Å². The molecule has 4 aromatic carbocycles. The van der Waals surface area contributed by atoms with Gasteiger partial charge in [-0.15, -0.1) is 0 Å². The van der Waals surface area contributed by atoms with Crippen molar-refractivity contribution in [3.63, 3.8) is 0 Å². The fourth-order valence-corrected chi connectivity index (χ4v) is 4.79. The quantitative estimate of drug-likeness (QED) is 0.0784. The molecule has 0 saturated heterocycles. The number of nitroso groups, excluding NO2 is 1. The van der Waals surface area contributed by atoms with Gasteiger partial charge in [0.2, 0.25) is 0 Å². The maximum Gasteiger partial charge on any atom is 0.264 e. The molecule has 4 rings (SSSR count). The Labute approximate surface area is 234 Å². The summed E-state index contributed by atoms with van der Waals surface area (Å²) in [6.45, 7) is 0.829. The van der Waals surface area contributed by atoms with Crippen molar-refractivity contribution in [1.29, 1.82) is 0 Å². The summed E-state index contributed by atoms with van der Waals surface area (Å²) in [5.74, 6) is 0.990. The van der Waals surface area contributed by atoms with Crippen LogP contribution in [0.25, 0.3) is 11.1 Å². The first-order chi connectivity index (χ1) is 19.4. The molecule has 0 spiro atoms. The van der Waals surface area contributed by atoms with Crippen molar-refractivity contribution in [3.05, 3.63) is 136 Å². The van der Waals surface area contributed by atoms with Crippen LogP contribution in [0.2, 0.25) is 0 Å². The van der Waals surface area contributed by atoms with Crippen LogP contribution in [0.5, 0.6) is 11.5 Å². The summed E-state index contributed by atoms with van der Waals surface area (Å²) in [7, 11) is -4.01. The number of ether oxygens (including phenoxy) is 2. The van der Waals surface area contributed by atoms with Crippen LogP contribution in [-0.4, -0.2) is 38.5 Å². The van der Waals surface area contributed by atoms with E-state index in [1.54, 1.807) is 0 Å². The molecule has 0 amide bonds. The second-order valence-electron chi connectivity index (χ2n) is 9.07. The Morgan fingerprint density at radius 2 is 1.00 bits per heavy atom. The molecule has 0 bridgehead atoms. The average Bonchev–Trinajstić information content (AvgIpc) is 2.98. The van der Waals surface area contributed by atoms with Crippen LogP contribution in [0.1, 0.15) is 35.1 Å². The van der Waals surface area contributed by atoms with E-state index >= 15 is 0 Å². The van der Waals surface area contributed by atoms with Gasteiger partial charge in [0.1, 0.15) is 11.5 Å². The van der Waals surface area contributed by atoms with E-state index in [1.165, 1.54) is 0 Å². The molecule has 7 nitrogen and oxygen atoms in total. The van der Waals surface area contributed by atoms with Crippen molar-refractivity contribution in [1.82, 2.24) is 0 Å². The van der Waals surface area contributed by atoms with E-state index in [-0.39, 0.29) is 25.3 Å². The van der Waals surface area contributed by atoms with Crippen LogP contribution in [0.3, 0.4) is 0 Å². The molecule has 0 aliphatic rings. The van der Waals surface area contributed by atoms with Gasteiger partial charge >= 0.3 is 0 Å². The molecule has 0 unspecified atom stereocenters. The summed E-state index contributed by atoms with van der Waals surface area (Å²) in [5, 5.41) is 2.87. The third kappa shape index (κ3) is 8.36. The van der Waals surface area contributed by atoms with Crippen LogP contribution in [0, 0.1) is 4.91 Å². The normalized spacial score (nSPS) is 11.9. The smallest absolute Gasteiger partial charge is 0.264 e. The maximum absolute atomic E-state index is 11.0. The van der Waals surface area contributed by atoms with Crippen LogP contribution < -0.4 is 9.47 Å². The van der Waals surface area contributed by atoms with E-state index in [0.717, 1.165) is 39.1 Å². The molecule has 4 aromatic rings. The maximum atomic E-state index is 11.0. The van der Waals surface area contributed by atoms with Gasteiger partial charge in [0.05, 0.1) is 25.5 Å². The summed E-state index contributed by atoms with van der Waals surface area (Å²) in [5.41, 5.74) is 6.18. The summed E-state index contributed by atoms with van der Waals surface area (Å²) < 4.78 is 42.3. The first kappa shape index (κ1) is 28.7. The van der Waals surface area contributed by atoms with Gasteiger partial charge in [-0.2, -0.15) is 13.3 Å². The average molecular weight is 558 g/mol. The fraction of sp³-hybridized carbons (Fsp3) is 0.188. The number of hydrogen-bond donors (Lipinski definition) is 1. The van der Waals surface area contributed by atoms with Gasteiger partial charge in [0.25, 0.3) is 10.1 Å². The molecule has 40 heavy (non-hydrogen) atoms. The van der Waals surface area contributed by atoms with Gasteiger partial charge in [-0.3, -0.25) is 4.55 Å². The Bertz CT molecular complexity index is 1500. The Morgan fingerprint density at radius 1 is 0.600 bits per heavy atom. The van der Waals surface area contributed by atoms with Crippen molar-refractivity contribution < 1.29 is 22.4 Å². The zero-order valence-electron chi connectivity index (χ0n) is 22.0. The van der Waals surface area contributed by atoms with Crippen LogP contribution in [0.15, 0.2) is 114 Å². The highest BCUT2D eigenvalue weighted by atomic mass is 32.2. The fourth-order valence-electron chi connectivity index (χ4n) is 4.31. The lowest BCUT2D eigenvalue weighted by molar-refractivity contribution is 0.313. The molecular weight excluding hydrogens is 526 g/mol. The van der Waals surface area contributed by atoms with Crippen molar-refractivity contribution in [2.24, 2.45) is 5.18 Å². The third-order valence-corrected chi connectivity index (χ3v) is 6.94. The molecule has 0 atom stereocenters. The number of hydrogen-bond acceptors (Lipinski definition) is 6. The second-order valence-corrected chi connectivity index (χ2v) is 10.6. The first-order valence-electron chi connectivity index (χ1n) is 13.0. The summed E-state index contributed by atoms with van der Waals surface area (Å²) >= 11 is 0. The standard InChI is InChI=1S/C32H31NO6S/c34-33-21-7-22-38-29-17-13-27(14-18-29)31(25-9-3-1-4-10-25)32(26-11-5-2-6-12-26)28-15-19-30(20-16-28)39-23-8-24-40(35,36)37/h1-6,9-20H,7-8,21-24H2,(H,35,36,37)/b32-31+. The van der Waals surface area contributed by atoms with Crippen molar-refractivity contribution >= 4 is 21.3 Å². The van der Waals surface area contributed by atoms with Crippen LogP contribution in [0.4, 0.5) is 0 Å². The van der Waals surface area contributed by atoms with Gasteiger partial charge in [-0.1, -0.05) is 90.1 Å². The lowest BCUT2D eigenvalue weighted by atomic mass is 9.86. The highest BCUT2D eigenvalue weighted by molar-refractivity contribution is 7.85. The van der Waals surface area contributed by atoms with E-state index in [2.05, 4.69) is 29.4 Å². The van der Waals surface area contributed by atoms with E-state index in [1.807, 2.05) is 84.9 Å². The molecule has 0 aliphatic carbocycles. The molecule has 8 heteroatoms. The van der Waals surface area contributed by atoms with Gasteiger partial charge < -0.3 is 9.47 Å². The van der Waals surface area contributed by atoms with E-state index in [9.17, 15) is 13.3 Å². The van der Waals surface area contributed by atoms with Gasteiger partial charge in [-0.25, -0.2) is 0 Å². The minimum absolute atomic E-state index is 0.176. The third-order valence-electron chi connectivity index (χ3n) is 6.14. The number of rotatable bonds is 14. The highest BCUT2D eigenvalue weighted by Gasteiger charge is 2.16. The molecule has 0 heterocycles. The van der Waals surface area contributed by atoms with Crippen LogP contribution >= 0.6 is 0 Å². The number of nitrogens with zero attached hydrogens (tertiary/aromatic N) is 1. The van der Waals surface area contributed by atoms with Crippen molar-refractivity contribution in [2.75, 3.05) is 25.5 Å². The molecule has 0 aromatic heterocycles. The first-order valence-corrected chi connectivity index (χ1v) is 14.6. The lowest BCUT2D eigenvalue weighted by Crippen LogP contribution is -2.08. The Morgan fingerprint density at radius 3 is 1.40 bits per heavy atom. The molecule has 0 saturated carbocycles. The Balaban J connectivity index is 1.72. The molecule has 0 aliphatic heterocycles. The Kier molecular flexibility index (Phi) is 10.2. The largest absolute Gasteiger partial charge is 0.494 e. The summed E-state index contributed by atoms with van der Waals surface area (Å²) in [4.78, 5) is 10.3. The predicted molar refractivity (Wildman–Crippen MR) is 158 cm³/mol. The molecule has 0 fully saturated rings. The van der Waals surface area contributed by atoms with E-state index in [0.29, 0.717) is 18.8 Å². The van der Waals surface area contributed by atoms with E-state index < -0.39 is 10.1 Å².